The molecule has 1 aliphatic heterocycles. The quantitative estimate of drug-likeness (QED) is 0.430. The van der Waals surface area contributed by atoms with E-state index in [0.717, 1.165) is 21.7 Å². The number of carbonyl (C=O) groups is 3. The van der Waals surface area contributed by atoms with Crippen LogP contribution in [0.1, 0.15) is 27.0 Å². The summed E-state index contributed by atoms with van der Waals surface area (Å²) in [5, 5.41) is 6.03. The van der Waals surface area contributed by atoms with Gasteiger partial charge in [-0.2, -0.15) is 0 Å². The Kier molecular flexibility index (Phi) is 6.46. The maximum Gasteiger partial charge on any atom is 0.283 e. The van der Waals surface area contributed by atoms with Crippen LogP contribution < -0.4 is 15.5 Å². The van der Waals surface area contributed by atoms with Crippen molar-refractivity contribution in [3.8, 4) is 0 Å². The lowest BCUT2D eigenvalue weighted by Crippen LogP contribution is -2.32. The van der Waals surface area contributed by atoms with Gasteiger partial charge in [-0.3, -0.25) is 14.4 Å². The highest BCUT2D eigenvalue weighted by Gasteiger charge is 2.39. The van der Waals surface area contributed by atoms with E-state index >= 15 is 0 Å². The summed E-state index contributed by atoms with van der Waals surface area (Å²) < 4.78 is 0. The summed E-state index contributed by atoms with van der Waals surface area (Å²) in [6, 6.07) is 17.3. The number of anilines is 3. The van der Waals surface area contributed by atoms with Crippen LogP contribution in [-0.4, -0.2) is 17.7 Å². The fourth-order valence-electron chi connectivity index (χ4n) is 3.58. The second kappa shape index (κ2) is 9.33. The topological polar surface area (TPSA) is 78.5 Å². The zero-order valence-electron chi connectivity index (χ0n) is 18.7. The SMILES string of the molecule is Cc1ccc(C)c(NC(=O)c2ccc(NC3=C(Cl)C(=O)N(c4cccc(Cl)c4C)C3=O)cc2)c1. The van der Waals surface area contributed by atoms with Gasteiger partial charge in [0, 0.05) is 22.0 Å². The number of aryl methyl sites for hydroxylation is 2. The standard InChI is InChI=1S/C26H21Cl2N3O3/c1-14-7-8-15(2)20(13-14)30-24(32)17-9-11-18(12-10-17)29-23-22(28)25(33)31(26(23)34)21-6-4-5-19(27)16(21)3/h4-13,29H,1-3H3,(H,30,32). The number of halogens is 2. The second-order valence-corrected chi connectivity index (χ2v) is 8.78. The van der Waals surface area contributed by atoms with E-state index in [2.05, 4.69) is 10.6 Å². The van der Waals surface area contributed by atoms with Crippen LogP contribution in [0.15, 0.2) is 71.4 Å². The van der Waals surface area contributed by atoms with E-state index in [4.69, 9.17) is 23.2 Å². The number of carbonyl (C=O) groups excluding carboxylic acids is 3. The Labute approximate surface area is 207 Å². The van der Waals surface area contributed by atoms with Crippen molar-refractivity contribution < 1.29 is 14.4 Å². The van der Waals surface area contributed by atoms with Crippen LogP contribution in [0.25, 0.3) is 0 Å². The maximum atomic E-state index is 13.0. The normalized spacial score (nSPS) is 13.5. The van der Waals surface area contributed by atoms with Gasteiger partial charge >= 0.3 is 0 Å². The molecular weight excluding hydrogens is 473 g/mol. The first-order valence-corrected chi connectivity index (χ1v) is 11.2. The van der Waals surface area contributed by atoms with Crippen LogP contribution in [-0.2, 0) is 9.59 Å². The minimum absolute atomic E-state index is 0.0429. The molecule has 0 unspecified atom stereocenters. The zero-order chi connectivity index (χ0) is 24.6. The fraction of sp³-hybridized carbons (Fsp3) is 0.115. The van der Waals surface area contributed by atoms with E-state index in [1.165, 1.54) is 0 Å². The summed E-state index contributed by atoms with van der Waals surface area (Å²) in [6.07, 6.45) is 0. The minimum Gasteiger partial charge on any atom is -0.350 e. The molecule has 34 heavy (non-hydrogen) atoms. The van der Waals surface area contributed by atoms with E-state index in [-0.39, 0.29) is 16.6 Å². The van der Waals surface area contributed by atoms with Crippen LogP contribution in [0, 0.1) is 20.8 Å². The van der Waals surface area contributed by atoms with Gasteiger partial charge < -0.3 is 10.6 Å². The lowest BCUT2D eigenvalue weighted by molar-refractivity contribution is -0.120. The Morgan fingerprint density at radius 1 is 0.882 bits per heavy atom. The average Bonchev–Trinajstić information content (AvgIpc) is 3.02. The zero-order valence-corrected chi connectivity index (χ0v) is 20.2. The Morgan fingerprint density at radius 3 is 2.29 bits per heavy atom. The van der Waals surface area contributed by atoms with Gasteiger partial charge in [-0.15, -0.1) is 0 Å². The van der Waals surface area contributed by atoms with Crippen LogP contribution in [0.3, 0.4) is 0 Å². The molecule has 0 spiro atoms. The van der Waals surface area contributed by atoms with Crippen LogP contribution >= 0.6 is 23.2 Å². The van der Waals surface area contributed by atoms with E-state index in [0.29, 0.717) is 27.5 Å². The predicted octanol–water partition coefficient (Wildman–Crippen LogP) is 5.95. The van der Waals surface area contributed by atoms with Gasteiger partial charge in [-0.1, -0.05) is 41.4 Å². The van der Waals surface area contributed by atoms with Crippen LogP contribution in [0.5, 0.6) is 0 Å². The van der Waals surface area contributed by atoms with Crippen molar-refractivity contribution in [2.45, 2.75) is 20.8 Å². The van der Waals surface area contributed by atoms with E-state index in [1.807, 2.05) is 32.0 Å². The first-order chi connectivity index (χ1) is 16.2. The third-order valence-corrected chi connectivity index (χ3v) is 6.33. The molecule has 0 aliphatic carbocycles. The molecule has 3 aromatic carbocycles. The molecule has 172 valence electrons. The molecule has 3 amide bonds. The molecule has 0 bridgehead atoms. The van der Waals surface area contributed by atoms with Gasteiger partial charge in [0.1, 0.15) is 10.7 Å². The summed E-state index contributed by atoms with van der Waals surface area (Å²) in [7, 11) is 0. The van der Waals surface area contributed by atoms with Crippen molar-refractivity contribution in [2.24, 2.45) is 0 Å². The lowest BCUT2D eigenvalue weighted by atomic mass is 10.1. The molecule has 1 aliphatic rings. The van der Waals surface area contributed by atoms with E-state index in [1.54, 1.807) is 49.4 Å². The predicted molar refractivity (Wildman–Crippen MR) is 135 cm³/mol. The molecule has 2 N–H and O–H groups in total. The second-order valence-electron chi connectivity index (χ2n) is 7.99. The van der Waals surface area contributed by atoms with Gasteiger partial charge in [0.05, 0.1) is 5.69 Å². The molecule has 0 radical (unpaired) electrons. The number of amides is 3. The molecular formula is C26H21Cl2N3O3. The van der Waals surface area contributed by atoms with Gasteiger partial charge in [0.2, 0.25) is 0 Å². The molecule has 0 saturated heterocycles. The Balaban J connectivity index is 1.51. The number of rotatable bonds is 5. The van der Waals surface area contributed by atoms with Crippen molar-refractivity contribution in [3.05, 3.63) is 98.7 Å². The van der Waals surface area contributed by atoms with Crippen molar-refractivity contribution in [1.29, 1.82) is 0 Å². The number of nitrogens with zero attached hydrogens (tertiary/aromatic N) is 1. The molecule has 0 aromatic heterocycles. The smallest absolute Gasteiger partial charge is 0.283 e. The van der Waals surface area contributed by atoms with Gasteiger partial charge in [-0.25, -0.2) is 4.90 Å². The van der Waals surface area contributed by atoms with Gasteiger partial charge in [-0.05, 0) is 79.9 Å². The molecule has 0 atom stereocenters. The number of nitrogens with one attached hydrogen (secondary N) is 2. The Bertz CT molecular complexity index is 1360. The molecule has 8 heteroatoms. The van der Waals surface area contributed by atoms with E-state index < -0.39 is 11.8 Å². The molecule has 6 nitrogen and oxygen atoms in total. The highest BCUT2D eigenvalue weighted by Crippen LogP contribution is 2.34. The largest absolute Gasteiger partial charge is 0.350 e. The van der Waals surface area contributed by atoms with E-state index in [9.17, 15) is 14.4 Å². The van der Waals surface area contributed by atoms with Gasteiger partial charge in [0.15, 0.2) is 0 Å². The Morgan fingerprint density at radius 2 is 1.59 bits per heavy atom. The molecule has 4 rings (SSSR count). The Hall–Kier alpha value is -3.61. The highest BCUT2D eigenvalue weighted by molar-refractivity contribution is 6.53. The molecule has 3 aromatic rings. The van der Waals surface area contributed by atoms with Crippen molar-refractivity contribution >= 4 is 58.0 Å². The third kappa shape index (κ3) is 4.42. The number of hydrogen-bond acceptors (Lipinski definition) is 4. The van der Waals surface area contributed by atoms with Crippen molar-refractivity contribution in [2.75, 3.05) is 15.5 Å². The third-order valence-electron chi connectivity index (χ3n) is 5.57. The summed E-state index contributed by atoms with van der Waals surface area (Å²) in [4.78, 5) is 39.4. The number of benzene rings is 3. The minimum atomic E-state index is -0.635. The first kappa shape index (κ1) is 23.5. The molecule has 0 fully saturated rings. The lowest BCUT2D eigenvalue weighted by Gasteiger charge is -2.18. The monoisotopic (exact) mass is 493 g/mol. The first-order valence-electron chi connectivity index (χ1n) is 10.5. The van der Waals surface area contributed by atoms with Crippen LogP contribution in [0.2, 0.25) is 5.02 Å². The summed E-state index contributed by atoms with van der Waals surface area (Å²) in [5.74, 6) is -1.48. The maximum absolute atomic E-state index is 13.0. The highest BCUT2D eigenvalue weighted by atomic mass is 35.5. The van der Waals surface area contributed by atoms with Crippen molar-refractivity contribution in [3.63, 3.8) is 0 Å². The summed E-state index contributed by atoms with van der Waals surface area (Å²) in [6.45, 7) is 5.60. The fourth-order valence-corrected chi connectivity index (χ4v) is 3.96. The number of imide groups is 1. The summed E-state index contributed by atoms with van der Waals surface area (Å²) >= 11 is 12.4. The van der Waals surface area contributed by atoms with Gasteiger partial charge in [0.25, 0.3) is 17.7 Å². The molecule has 1 heterocycles. The number of hydrogen-bond donors (Lipinski definition) is 2. The summed E-state index contributed by atoms with van der Waals surface area (Å²) in [5.41, 5.74) is 4.62. The van der Waals surface area contributed by atoms with Crippen molar-refractivity contribution in [1.82, 2.24) is 0 Å². The molecule has 0 saturated carbocycles. The van der Waals surface area contributed by atoms with Crippen LogP contribution in [0.4, 0.5) is 17.1 Å². The average molecular weight is 494 g/mol.